The molecule has 0 unspecified atom stereocenters. The zero-order valence-corrected chi connectivity index (χ0v) is 50.2. The lowest BCUT2D eigenvalue weighted by Crippen LogP contribution is -2.62. The summed E-state index contributed by atoms with van der Waals surface area (Å²) in [5, 5.41) is 93.8. The number of hydrogen-bond acceptors (Lipinski definition) is 19. The van der Waals surface area contributed by atoms with Crippen LogP contribution >= 0.6 is 0 Å². The van der Waals surface area contributed by atoms with Crippen LogP contribution in [0.25, 0.3) is 0 Å². The van der Waals surface area contributed by atoms with E-state index in [2.05, 4.69) is 47.9 Å². The first-order valence-corrected chi connectivity index (χ1v) is 29.0. The van der Waals surface area contributed by atoms with Crippen molar-refractivity contribution in [2.45, 2.75) is 211 Å². The predicted octanol–water partition coefficient (Wildman–Crippen LogP) is -4.60. The molecule has 2 rings (SSSR count). The van der Waals surface area contributed by atoms with Gasteiger partial charge in [0.2, 0.25) is 53.2 Å². The Bertz CT molecular complexity index is 2400. The van der Waals surface area contributed by atoms with Gasteiger partial charge < -0.3 is 99.8 Å². The third-order valence-electron chi connectivity index (χ3n) is 14.5. The molecule has 1 aromatic rings. The number of amides is 9. The highest BCUT2D eigenvalue weighted by Crippen LogP contribution is 2.25. The van der Waals surface area contributed by atoms with Gasteiger partial charge in [-0.1, -0.05) is 78.3 Å². The molecule has 30 heteroatoms. The zero-order chi connectivity index (χ0) is 65.1. The van der Waals surface area contributed by atoms with Gasteiger partial charge in [-0.05, 0) is 88.7 Å². The fourth-order valence-electron chi connectivity index (χ4n) is 8.99. The van der Waals surface area contributed by atoms with Crippen molar-refractivity contribution in [3.05, 3.63) is 35.9 Å². The second-order valence-electron chi connectivity index (χ2n) is 22.5. The number of nitrogens with two attached hydrogens (primary N) is 2. The normalized spacial score (nSPS) is 20.5. The molecule has 0 radical (unpaired) electrons. The average Bonchev–Trinajstić information content (AvgIpc) is 1.84. The van der Waals surface area contributed by atoms with Crippen molar-refractivity contribution in [2.75, 3.05) is 19.7 Å². The lowest BCUT2D eigenvalue weighted by atomic mass is 9.91. The summed E-state index contributed by atoms with van der Waals surface area (Å²) in [7, 11) is 0. The highest BCUT2D eigenvalue weighted by Gasteiger charge is 2.44. The van der Waals surface area contributed by atoms with Crippen molar-refractivity contribution in [3.63, 3.8) is 0 Å². The van der Waals surface area contributed by atoms with Crippen LogP contribution in [0, 0.1) is 17.8 Å². The molecule has 16 atom stereocenters. The molecule has 0 spiro atoms. The van der Waals surface area contributed by atoms with Crippen LogP contribution < -0.4 is 59.3 Å². The SMILES string of the molecule is CC[C@H](C)[C@H](NC(=O)[C@@H](N)C(C)C)C(=O)N[C@H](C(=O)N[C@@H](C)C(=O)N[C@@H](Cc1ccccc1)C(=O)N[C@@H](CC[C@@H]1O[C@H](CO)[C@@H](O)[C@H](O)[C@H]1O)C(=O)N[C@@H](CCC(=O)O)C(=O)NCC(=O)N[C@@H](CC(C)C)C(=O)N[C@@H](CCCCN)C(=O)O)[C@@H](C)O. The smallest absolute Gasteiger partial charge is 0.326 e. The summed E-state index contributed by atoms with van der Waals surface area (Å²) in [6.07, 6.45) is -10.9. The number of benzene rings is 1. The van der Waals surface area contributed by atoms with Crippen molar-refractivity contribution in [2.24, 2.45) is 29.2 Å². The minimum atomic E-state index is -1.85. The van der Waals surface area contributed by atoms with Gasteiger partial charge in [0, 0.05) is 12.8 Å². The van der Waals surface area contributed by atoms with Crippen molar-refractivity contribution in [1.29, 1.82) is 0 Å². The van der Waals surface area contributed by atoms with Crippen molar-refractivity contribution >= 4 is 65.1 Å². The van der Waals surface area contributed by atoms with E-state index < -0.39 is 201 Å². The zero-order valence-electron chi connectivity index (χ0n) is 50.2. The molecule has 486 valence electrons. The van der Waals surface area contributed by atoms with E-state index in [-0.39, 0.29) is 31.1 Å². The van der Waals surface area contributed by atoms with E-state index in [0.717, 1.165) is 0 Å². The average molecular weight is 1220 g/mol. The number of aliphatic hydroxyl groups excluding tert-OH is 5. The number of carboxylic acid groups (broad SMARTS) is 2. The second kappa shape index (κ2) is 37.6. The van der Waals surface area contributed by atoms with E-state index >= 15 is 0 Å². The summed E-state index contributed by atoms with van der Waals surface area (Å²) in [6.45, 7) is 11.4. The number of nitrogens with one attached hydrogen (secondary N) is 9. The molecule has 86 heavy (non-hydrogen) atoms. The second-order valence-corrected chi connectivity index (χ2v) is 22.5. The minimum absolute atomic E-state index is 0.0451. The number of carbonyl (C=O) groups excluding carboxylic acids is 9. The molecule has 30 nitrogen and oxygen atoms in total. The molecule has 20 N–H and O–H groups in total. The quantitative estimate of drug-likeness (QED) is 0.0277. The Labute approximate surface area is 500 Å². The Morgan fingerprint density at radius 3 is 1.69 bits per heavy atom. The van der Waals surface area contributed by atoms with Crippen LogP contribution in [0.5, 0.6) is 0 Å². The molecular formula is C56H93N11O19. The highest BCUT2D eigenvalue weighted by atomic mass is 16.5. The molecule has 1 aliphatic rings. The van der Waals surface area contributed by atoms with Gasteiger partial charge in [0.1, 0.15) is 72.8 Å². The summed E-state index contributed by atoms with van der Waals surface area (Å²) in [6, 6.07) is -4.87. The fourth-order valence-corrected chi connectivity index (χ4v) is 8.99. The Morgan fingerprint density at radius 2 is 1.14 bits per heavy atom. The maximum atomic E-state index is 14.6. The number of rotatable bonds is 38. The molecular weight excluding hydrogens is 1130 g/mol. The monoisotopic (exact) mass is 1220 g/mol. The van der Waals surface area contributed by atoms with Gasteiger partial charge in [0.25, 0.3) is 0 Å². The van der Waals surface area contributed by atoms with Gasteiger partial charge in [0.15, 0.2) is 0 Å². The number of hydrogen-bond donors (Lipinski definition) is 18. The lowest BCUT2D eigenvalue weighted by Gasteiger charge is -2.40. The van der Waals surface area contributed by atoms with Crippen LogP contribution in [0.4, 0.5) is 0 Å². The number of carboxylic acids is 2. The number of ether oxygens (including phenoxy) is 1. The van der Waals surface area contributed by atoms with Crippen LogP contribution in [-0.4, -0.2) is 212 Å². The number of carbonyl (C=O) groups is 11. The lowest BCUT2D eigenvalue weighted by molar-refractivity contribution is -0.230. The predicted molar refractivity (Wildman–Crippen MR) is 308 cm³/mol. The van der Waals surface area contributed by atoms with Crippen LogP contribution in [0.2, 0.25) is 0 Å². The van der Waals surface area contributed by atoms with Gasteiger partial charge in [0.05, 0.1) is 31.4 Å². The third kappa shape index (κ3) is 25.2. The summed E-state index contributed by atoms with van der Waals surface area (Å²) in [5.41, 5.74) is 12.0. The molecule has 0 aliphatic carbocycles. The van der Waals surface area contributed by atoms with Gasteiger partial charge >= 0.3 is 11.9 Å². The summed E-state index contributed by atoms with van der Waals surface area (Å²) in [5.74, 6) is -12.2. The summed E-state index contributed by atoms with van der Waals surface area (Å²) < 4.78 is 5.64. The van der Waals surface area contributed by atoms with Gasteiger partial charge in [-0.3, -0.25) is 47.9 Å². The van der Waals surface area contributed by atoms with E-state index in [9.17, 15) is 88.5 Å². The maximum absolute atomic E-state index is 14.6. The Kier molecular flexibility index (Phi) is 32.9. The molecule has 0 saturated carbocycles. The van der Waals surface area contributed by atoms with Crippen LogP contribution in [0.3, 0.4) is 0 Å². The van der Waals surface area contributed by atoms with Gasteiger partial charge in [-0.25, -0.2) is 4.79 Å². The Balaban J connectivity index is 2.51. The summed E-state index contributed by atoms with van der Waals surface area (Å²) >= 11 is 0. The van der Waals surface area contributed by atoms with Crippen molar-refractivity contribution in [1.82, 2.24) is 47.9 Å². The molecule has 1 heterocycles. The molecule has 1 saturated heterocycles. The van der Waals surface area contributed by atoms with Crippen molar-refractivity contribution < 1.29 is 93.2 Å². The molecule has 1 aromatic carbocycles. The number of aliphatic hydroxyl groups is 5. The Hall–Kier alpha value is -6.93. The first-order chi connectivity index (χ1) is 40.4. The molecule has 9 amide bonds. The fraction of sp³-hybridized carbons (Fsp3) is 0.696. The minimum Gasteiger partial charge on any atom is -0.481 e. The van der Waals surface area contributed by atoms with E-state index in [4.69, 9.17) is 16.2 Å². The van der Waals surface area contributed by atoms with E-state index in [1.807, 2.05) is 0 Å². The highest BCUT2D eigenvalue weighted by molar-refractivity contribution is 5.98. The van der Waals surface area contributed by atoms with Crippen LogP contribution in [-0.2, 0) is 63.9 Å². The maximum Gasteiger partial charge on any atom is 0.326 e. The van der Waals surface area contributed by atoms with E-state index in [1.165, 1.54) is 13.8 Å². The molecule has 1 aliphatic heterocycles. The van der Waals surface area contributed by atoms with Crippen LogP contribution in [0.15, 0.2) is 30.3 Å². The standard InChI is InChI=1S/C56H93N11O19/c1-9-29(6)43(66-53(81)42(58)28(4)5)54(82)67-44(31(8)69)55(83)60-30(7)48(76)65-37(24-32-15-11-10-12-16-32)52(80)63-34(18-20-38-45(73)47(75)46(74)39(26-68)86-38)50(78)62-33(19-21-41(71)72)49(77)59-25-40(70)61-36(23-27(2)3)51(79)64-35(56(84)85)17-13-14-22-57/h10-12,15-16,27-31,33-39,42-47,68-69,73-75H,9,13-14,17-26,57-58H2,1-8H3,(H,59,77)(H,60,83)(H,61,70)(H,62,78)(H,63,80)(H,64,79)(H,65,76)(H,66,81)(H,67,82)(H,71,72)(H,84,85)/t29-,30-,31+,33-,34-,35-,36-,37-,38-,39+,42-,43-,44-,45-,46+,47+/m0/s1. The first-order valence-electron chi connectivity index (χ1n) is 29.0. The summed E-state index contributed by atoms with van der Waals surface area (Å²) in [4.78, 5) is 148. The van der Waals surface area contributed by atoms with Crippen molar-refractivity contribution in [3.8, 4) is 0 Å². The topological polar surface area (TPSA) is 499 Å². The molecule has 0 aromatic heterocycles. The number of unbranched alkanes of at least 4 members (excludes halogenated alkanes) is 1. The van der Waals surface area contributed by atoms with Gasteiger partial charge in [-0.15, -0.1) is 0 Å². The van der Waals surface area contributed by atoms with Gasteiger partial charge in [-0.2, -0.15) is 0 Å². The molecule has 0 bridgehead atoms. The first kappa shape index (κ1) is 75.2. The van der Waals surface area contributed by atoms with E-state index in [0.29, 0.717) is 31.4 Å². The molecule has 1 fully saturated rings. The van der Waals surface area contributed by atoms with E-state index in [1.54, 1.807) is 71.9 Å². The Morgan fingerprint density at radius 1 is 0.593 bits per heavy atom. The number of aliphatic carboxylic acids is 2. The third-order valence-corrected chi connectivity index (χ3v) is 14.5. The largest absolute Gasteiger partial charge is 0.481 e. The van der Waals surface area contributed by atoms with Crippen LogP contribution in [0.1, 0.15) is 119 Å².